The predicted molar refractivity (Wildman–Crippen MR) is 70.1 cm³/mol. The molecule has 0 amide bonds. The molecule has 0 bridgehead atoms. The van der Waals surface area contributed by atoms with Gasteiger partial charge >= 0.3 is 0 Å². The first-order valence-electron chi connectivity index (χ1n) is 5.53. The van der Waals surface area contributed by atoms with Gasteiger partial charge in [-0.15, -0.1) is 11.8 Å². The minimum atomic E-state index is 0.155. The van der Waals surface area contributed by atoms with E-state index in [0.717, 1.165) is 11.3 Å². The van der Waals surface area contributed by atoms with E-state index in [2.05, 4.69) is 25.2 Å². The Morgan fingerprint density at radius 2 is 2.29 bits per heavy atom. The van der Waals surface area contributed by atoms with Gasteiger partial charge in [0.15, 0.2) is 0 Å². The molecule has 1 heterocycles. The number of nitrogens with one attached hydrogen (secondary N) is 1. The molecule has 90 valence electrons. The summed E-state index contributed by atoms with van der Waals surface area (Å²) in [6, 6.07) is 7.96. The third kappa shape index (κ3) is 2.56. The van der Waals surface area contributed by atoms with Gasteiger partial charge in [-0.3, -0.25) is 5.32 Å². The summed E-state index contributed by atoms with van der Waals surface area (Å²) in [5.41, 5.74) is 1.89. The number of hydrogen-bond donors (Lipinski definition) is 1. The molecule has 1 unspecified atom stereocenters. The van der Waals surface area contributed by atoms with Crippen LogP contribution in [0.5, 0.6) is 5.75 Å². The number of methoxy groups -OCH3 is 1. The van der Waals surface area contributed by atoms with Crippen molar-refractivity contribution < 1.29 is 4.74 Å². The fourth-order valence-electron chi connectivity index (χ4n) is 1.89. The van der Waals surface area contributed by atoms with Crippen LogP contribution >= 0.6 is 11.8 Å². The van der Waals surface area contributed by atoms with E-state index in [9.17, 15) is 0 Å². The number of rotatable bonds is 2. The number of hydrogen-bond acceptors (Lipinski definition) is 4. The third-order valence-corrected chi connectivity index (χ3v) is 4.39. The highest BCUT2D eigenvalue weighted by atomic mass is 32.2. The molecular weight excluding hydrogens is 232 g/mol. The Labute approximate surface area is 106 Å². The first-order chi connectivity index (χ1) is 8.05. The molecule has 1 fully saturated rings. The van der Waals surface area contributed by atoms with E-state index < -0.39 is 0 Å². The lowest BCUT2D eigenvalue weighted by Gasteiger charge is -2.19. The summed E-state index contributed by atoms with van der Waals surface area (Å²) in [6.45, 7) is 4.38. The normalized spacial score (nSPS) is 22.1. The van der Waals surface area contributed by atoms with E-state index in [1.807, 2.05) is 30.0 Å². The Balaban J connectivity index is 2.27. The van der Waals surface area contributed by atoms with Crippen molar-refractivity contribution in [2.75, 3.05) is 12.9 Å². The minimum Gasteiger partial charge on any atom is -0.495 e. The largest absolute Gasteiger partial charge is 0.495 e. The van der Waals surface area contributed by atoms with Gasteiger partial charge in [0.1, 0.15) is 11.8 Å². The summed E-state index contributed by atoms with van der Waals surface area (Å²) in [5.74, 6) is 1.71. The average molecular weight is 248 g/mol. The fourth-order valence-corrected chi connectivity index (χ4v) is 3.29. The second kappa shape index (κ2) is 4.59. The summed E-state index contributed by atoms with van der Waals surface area (Å²) in [7, 11) is 1.58. The van der Waals surface area contributed by atoms with Crippen LogP contribution in [0.25, 0.3) is 0 Å². The molecule has 1 saturated heterocycles. The average Bonchev–Trinajstić information content (AvgIpc) is 2.68. The summed E-state index contributed by atoms with van der Waals surface area (Å²) < 4.78 is 5.15. The fraction of sp³-hybridized carbons (Fsp3) is 0.462. The third-order valence-electron chi connectivity index (χ3n) is 2.78. The van der Waals surface area contributed by atoms with E-state index in [-0.39, 0.29) is 10.9 Å². The van der Waals surface area contributed by atoms with Crippen LogP contribution in [0.1, 0.15) is 30.3 Å². The summed E-state index contributed by atoms with van der Waals surface area (Å²) in [5, 5.41) is 12.9. The zero-order valence-electron chi connectivity index (χ0n) is 10.3. The zero-order chi connectivity index (χ0) is 12.5. The van der Waals surface area contributed by atoms with Crippen LogP contribution < -0.4 is 10.1 Å². The van der Waals surface area contributed by atoms with Crippen molar-refractivity contribution in [1.82, 2.24) is 5.32 Å². The van der Waals surface area contributed by atoms with Crippen molar-refractivity contribution >= 4 is 11.8 Å². The van der Waals surface area contributed by atoms with E-state index in [1.165, 1.54) is 0 Å². The van der Waals surface area contributed by atoms with Crippen LogP contribution in [0, 0.1) is 11.3 Å². The van der Waals surface area contributed by atoms with Crippen molar-refractivity contribution in [2.45, 2.75) is 24.8 Å². The van der Waals surface area contributed by atoms with E-state index in [1.54, 1.807) is 7.11 Å². The second-order valence-electron chi connectivity index (χ2n) is 4.79. The topological polar surface area (TPSA) is 45.0 Å². The molecule has 1 aliphatic rings. The van der Waals surface area contributed by atoms with Gasteiger partial charge in [-0.2, -0.15) is 5.26 Å². The molecule has 1 aromatic rings. The van der Waals surface area contributed by atoms with Crippen molar-refractivity contribution in [1.29, 1.82) is 5.26 Å². The second-order valence-corrected chi connectivity index (χ2v) is 5.88. The van der Waals surface area contributed by atoms with Gasteiger partial charge in [0.05, 0.1) is 18.0 Å². The maximum absolute atomic E-state index is 9.06. The summed E-state index contributed by atoms with van der Waals surface area (Å²) in [6.07, 6.45) is 0. The van der Waals surface area contributed by atoms with Gasteiger partial charge in [-0.1, -0.05) is 6.07 Å². The van der Waals surface area contributed by atoms with E-state index >= 15 is 0 Å². The standard InChI is InChI=1S/C13H16N2OS/c1-13(2)8-17-12(15-13)9-4-5-11(16-3)10(6-9)7-14/h4-6,12,15H,8H2,1-3H3. The number of thioether (sulfide) groups is 1. The van der Waals surface area contributed by atoms with E-state index in [0.29, 0.717) is 11.3 Å². The van der Waals surface area contributed by atoms with Crippen LogP contribution in [0.4, 0.5) is 0 Å². The van der Waals surface area contributed by atoms with Gasteiger partial charge in [0.2, 0.25) is 0 Å². The van der Waals surface area contributed by atoms with Gasteiger partial charge in [-0.05, 0) is 31.5 Å². The van der Waals surface area contributed by atoms with Crippen LogP contribution in [-0.2, 0) is 0 Å². The molecule has 0 aromatic heterocycles. The first-order valence-corrected chi connectivity index (χ1v) is 6.58. The zero-order valence-corrected chi connectivity index (χ0v) is 11.1. The monoisotopic (exact) mass is 248 g/mol. The lowest BCUT2D eigenvalue weighted by Crippen LogP contribution is -2.35. The van der Waals surface area contributed by atoms with Crippen molar-refractivity contribution in [3.05, 3.63) is 29.3 Å². The van der Waals surface area contributed by atoms with Crippen LogP contribution in [-0.4, -0.2) is 18.4 Å². The lowest BCUT2D eigenvalue weighted by molar-refractivity contribution is 0.413. The summed E-state index contributed by atoms with van der Waals surface area (Å²) in [4.78, 5) is 0. The molecule has 17 heavy (non-hydrogen) atoms. The molecule has 1 aliphatic heterocycles. The highest BCUT2D eigenvalue weighted by Gasteiger charge is 2.31. The van der Waals surface area contributed by atoms with Crippen LogP contribution in [0.2, 0.25) is 0 Å². The van der Waals surface area contributed by atoms with Gasteiger partial charge in [0.25, 0.3) is 0 Å². The molecule has 0 spiro atoms. The highest BCUT2D eigenvalue weighted by molar-refractivity contribution is 7.99. The van der Waals surface area contributed by atoms with Crippen LogP contribution in [0.3, 0.4) is 0 Å². The van der Waals surface area contributed by atoms with Gasteiger partial charge in [0, 0.05) is 11.3 Å². The smallest absolute Gasteiger partial charge is 0.136 e. The molecule has 0 aliphatic carbocycles. The number of benzene rings is 1. The summed E-state index contributed by atoms with van der Waals surface area (Å²) >= 11 is 1.87. The molecular formula is C13H16N2OS. The molecule has 1 N–H and O–H groups in total. The molecule has 2 rings (SSSR count). The SMILES string of the molecule is COc1ccc(C2NC(C)(C)CS2)cc1C#N. The quantitative estimate of drug-likeness (QED) is 0.874. The first kappa shape index (κ1) is 12.3. The molecule has 1 aromatic carbocycles. The van der Waals surface area contributed by atoms with Crippen molar-refractivity contribution in [3.8, 4) is 11.8 Å². The van der Waals surface area contributed by atoms with Gasteiger partial charge in [-0.25, -0.2) is 0 Å². The number of nitrogens with zero attached hydrogens (tertiary/aromatic N) is 1. The Morgan fingerprint density at radius 3 is 2.82 bits per heavy atom. The lowest BCUT2D eigenvalue weighted by atomic mass is 10.1. The van der Waals surface area contributed by atoms with Gasteiger partial charge < -0.3 is 4.74 Å². The molecule has 0 saturated carbocycles. The Kier molecular flexibility index (Phi) is 3.32. The van der Waals surface area contributed by atoms with E-state index in [4.69, 9.17) is 10.00 Å². The highest BCUT2D eigenvalue weighted by Crippen LogP contribution is 2.38. The Hall–Kier alpha value is -1.18. The molecule has 4 heteroatoms. The number of ether oxygens (including phenoxy) is 1. The minimum absolute atomic E-state index is 0.155. The van der Waals surface area contributed by atoms with Crippen LogP contribution in [0.15, 0.2) is 18.2 Å². The van der Waals surface area contributed by atoms with Crippen molar-refractivity contribution in [2.24, 2.45) is 0 Å². The Bertz CT molecular complexity index is 465. The van der Waals surface area contributed by atoms with Crippen molar-refractivity contribution in [3.63, 3.8) is 0 Å². The predicted octanol–water partition coefficient (Wildman–Crippen LogP) is 2.68. The number of nitriles is 1. The molecule has 1 atom stereocenters. The molecule has 0 radical (unpaired) electrons. The maximum Gasteiger partial charge on any atom is 0.136 e. The Morgan fingerprint density at radius 1 is 1.53 bits per heavy atom. The molecule has 3 nitrogen and oxygen atoms in total. The maximum atomic E-state index is 9.06.